The third kappa shape index (κ3) is 3.97. The number of aromatic amines is 2. The summed E-state index contributed by atoms with van der Waals surface area (Å²) in [6.45, 7) is 6.23. The van der Waals surface area contributed by atoms with Gasteiger partial charge in [0.1, 0.15) is 11.7 Å². The molecule has 2 aromatic heterocycles. The minimum Gasteiger partial charge on any atom is -0.384 e. The van der Waals surface area contributed by atoms with Crippen molar-refractivity contribution in [1.29, 1.82) is 5.41 Å². The number of amidine groups is 2. The van der Waals surface area contributed by atoms with Gasteiger partial charge in [-0.25, -0.2) is 0 Å². The maximum atomic E-state index is 7.66. The van der Waals surface area contributed by atoms with Gasteiger partial charge in [-0.3, -0.25) is 10.4 Å². The first-order valence-corrected chi connectivity index (χ1v) is 11.8. The highest BCUT2D eigenvalue weighted by molar-refractivity contribution is 6.02. The maximum absolute atomic E-state index is 7.66. The highest BCUT2D eigenvalue weighted by atomic mass is 15.0. The minimum atomic E-state index is 0.0739. The maximum Gasteiger partial charge on any atom is 0.128 e. The zero-order valence-electron chi connectivity index (χ0n) is 19.9. The predicted octanol–water partition coefficient (Wildman–Crippen LogP) is 5.64. The summed E-state index contributed by atoms with van der Waals surface area (Å²) in [5.74, 6) is 1.05. The van der Waals surface area contributed by atoms with Crippen LogP contribution in [0.15, 0.2) is 77.8 Å². The molecule has 3 aromatic carbocycles. The molecule has 0 saturated carbocycles. The number of nitrogen functional groups attached to an aromatic ring is 1. The highest BCUT2D eigenvalue weighted by Gasteiger charge is 2.23. The summed E-state index contributed by atoms with van der Waals surface area (Å²) < 4.78 is 0. The van der Waals surface area contributed by atoms with Gasteiger partial charge in [0.05, 0.1) is 0 Å². The lowest BCUT2D eigenvalue weighted by Crippen LogP contribution is -2.41. The Balaban J connectivity index is 1.27. The van der Waals surface area contributed by atoms with Crippen molar-refractivity contribution in [3.63, 3.8) is 0 Å². The number of nitrogens with zero attached hydrogens (tertiary/aromatic N) is 1. The first-order valence-electron chi connectivity index (χ1n) is 11.8. The Bertz CT molecular complexity index is 1610. The second kappa shape index (κ2) is 7.87. The van der Waals surface area contributed by atoms with Crippen molar-refractivity contribution >= 4 is 33.5 Å². The molecule has 3 heterocycles. The average molecular weight is 461 g/mol. The number of hydrogen-bond acceptors (Lipinski definition) is 3. The van der Waals surface area contributed by atoms with Crippen LogP contribution >= 0.6 is 0 Å². The molecule has 35 heavy (non-hydrogen) atoms. The van der Waals surface area contributed by atoms with E-state index in [1.54, 1.807) is 0 Å². The molecule has 0 saturated heterocycles. The summed E-state index contributed by atoms with van der Waals surface area (Å²) in [6, 6.07) is 25.1. The number of fused-ring (bicyclic) bond motifs is 2. The lowest BCUT2D eigenvalue weighted by Gasteiger charge is -2.29. The standard InChI is InChI=1S/C29H28N6/c1-29(2)15-32-28(33-16-29)22-10-8-20-12-24(35-26(20)14-22)18-5-3-17(4-6-18)23-11-19-7-9-21(27(30)31)13-25(19)34-23/h3-14,34-35H,15-16H2,1-2H3,(H3,30,31)(H,32,33). The van der Waals surface area contributed by atoms with Crippen LogP contribution in [0.4, 0.5) is 0 Å². The Morgan fingerprint density at radius 2 is 1.37 bits per heavy atom. The molecule has 0 unspecified atom stereocenters. The number of benzene rings is 3. The average Bonchev–Trinajstić information content (AvgIpc) is 3.47. The minimum absolute atomic E-state index is 0.0739. The number of H-pyrrole nitrogens is 2. The first kappa shape index (κ1) is 21.2. The molecule has 0 atom stereocenters. The van der Waals surface area contributed by atoms with E-state index in [2.05, 4.69) is 83.7 Å². The van der Waals surface area contributed by atoms with Gasteiger partial charge in [0.2, 0.25) is 0 Å². The molecule has 0 aliphatic carbocycles. The Kier molecular flexibility index (Phi) is 4.78. The Morgan fingerprint density at radius 3 is 1.94 bits per heavy atom. The van der Waals surface area contributed by atoms with Crippen LogP contribution in [0.5, 0.6) is 0 Å². The monoisotopic (exact) mass is 460 g/mol. The fourth-order valence-corrected chi connectivity index (χ4v) is 4.63. The van der Waals surface area contributed by atoms with E-state index < -0.39 is 0 Å². The zero-order valence-corrected chi connectivity index (χ0v) is 19.9. The van der Waals surface area contributed by atoms with Gasteiger partial charge in [-0.2, -0.15) is 0 Å². The van der Waals surface area contributed by atoms with E-state index in [0.717, 1.165) is 69.0 Å². The molecule has 6 nitrogen and oxygen atoms in total. The third-order valence-electron chi connectivity index (χ3n) is 6.74. The van der Waals surface area contributed by atoms with Crippen LogP contribution in [-0.4, -0.2) is 34.7 Å². The fourth-order valence-electron chi connectivity index (χ4n) is 4.63. The number of hydrogen-bond donors (Lipinski definition) is 5. The highest BCUT2D eigenvalue weighted by Crippen LogP contribution is 2.29. The van der Waals surface area contributed by atoms with Crippen LogP contribution in [-0.2, 0) is 0 Å². The van der Waals surface area contributed by atoms with Crippen molar-refractivity contribution in [3.05, 3.63) is 83.9 Å². The Hall–Kier alpha value is -4.32. The van der Waals surface area contributed by atoms with Gasteiger partial charge in [0.15, 0.2) is 0 Å². The lowest BCUT2D eigenvalue weighted by atomic mass is 9.92. The van der Waals surface area contributed by atoms with Crippen LogP contribution in [0.3, 0.4) is 0 Å². The molecule has 0 amide bonds. The Labute approximate surface area is 203 Å². The van der Waals surface area contributed by atoms with Crippen molar-refractivity contribution in [3.8, 4) is 22.5 Å². The summed E-state index contributed by atoms with van der Waals surface area (Å²) in [5, 5.41) is 13.4. The summed E-state index contributed by atoms with van der Waals surface area (Å²) >= 11 is 0. The van der Waals surface area contributed by atoms with Gasteiger partial charge in [-0.15, -0.1) is 0 Å². The van der Waals surface area contributed by atoms with E-state index in [4.69, 9.17) is 16.1 Å². The largest absolute Gasteiger partial charge is 0.384 e. The molecular weight excluding hydrogens is 432 g/mol. The predicted molar refractivity (Wildman–Crippen MR) is 145 cm³/mol. The summed E-state index contributed by atoms with van der Waals surface area (Å²) in [7, 11) is 0. The van der Waals surface area contributed by atoms with Gasteiger partial charge in [0.25, 0.3) is 0 Å². The van der Waals surface area contributed by atoms with E-state index in [9.17, 15) is 0 Å². The molecule has 6 N–H and O–H groups in total. The van der Waals surface area contributed by atoms with Crippen LogP contribution in [0.2, 0.25) is 0 Å². The van der Waals surface area contributed by atoms with E-state index >= 15 is 0 Å². The van der Waals surface area contributed by atoms with Crippen LogP contribution in [0.25, 0.3) is 44.3 Å². The van der Waals surface area contributed by atoms with Crippen LogP contribution in [0, 0.1) is 10.8 Å². The topological polar surface area (TPSA) is 106 Å². The smallest absolute Gasteiger partial charge is 0.128 e. The van der Waals surface area contributed by atoms with Crippen molar-refractivity contribution < 1.29 is 0 Å². The normalized spacial score (nSPS) is 15.2. The second-order valence-corrected chi connectivity index (χ2v) is 10.1. The quantitative estimate of drug-likeness (QED) is 0.177. The molecule has 0 radical (unpaired) electrons. The van der Waals surface area contributed by atoms with Gasteiger partial charge < -0.3 is 21.0 Å². The third-order valence-corrected chi connectivity index (χ3v) is 6.74. The molecule has 174 valence electrons. The van der Waals surface area contributed by atoms with E-state index in [-0.39, 0.29) is 11.3 Å². The fraction of sp³-hybridized carbons (Fsp3) is 0.172. The SMILES string of the molecule is CC1(C)CN=C(c2ccc3cc(-c4ccc(-c5cc6ccc(C(=N)N)cc6[nH]5)cc4)[nH]c3c2)NC1. The van der Waals surface area contributed by atoms with E-state index in [0.29, 0.717) is 0 Å². The Morgan fingerprint density at radius 1 is 0.800 bits per heavy atom. The summed E-state index contributed by atoms with van der Waals surface area (Å²) in [5.41, 5.74) is 14.1. The molecule has 1 aliphatic rings. The molecular formula is C29H28N6. The molecule has 6 heteroatoms. The number of nitrogens with one attached hydrogen (secondary N) is 4. The number of rotatable bonds is 4. The van der Waals surface area contributed by atoms with Crippen LogP contribution in [0.1, 0.15) is 25.0 Å². The summed E-state index contributed by atoms with van der Waals surface area (Å²) in [6.07, 6.45) is 0. The molecule has 1 aliphatic heterocycles. The molecule has 0 fully saturated rings. The van der Waals surface area contributed by atoms with Gasteiger partial charge >= 0.3 is 0 Å². The number of nitrogens with two attached hydrogens (primary N) is 1. The number of aromatic nitrogens is 2. The van der Waals surface area contributed by atoms with Crippen molar-refractivity contribution in [1.82, 2.24) is 15.3 Å². The zero-order chi connectivity index (χ0) is 24.2. The van der Waals surface area contributed by atoms with Crippen molar-refractivity contribution in [2.24, 2.45) is 16.1 Å². The first-order chi connectivity index (χ1) is 16.8. The van der Waals surface area contributed by atoms with E-state index in [1.165, 1.54) is 5.39 Å². The second-order valence-electron chi connectivity index (χ2n) is 10.1. The van der Waals surface area contributed by atoms with E-state index in [1.807, 2.05) is 18.2 Å². The van der Waals surface area contributed by atoms with Gasteiger partial charge in [0, 0.05) is 62.8 Å². The lowest BCUT2D eigenvalue weighted by molar-refractivity contribution is 0.362. The molecule has 6 rings (SSSR count). The van der Waals surface area contributed by atoms with Gasteiger partial charge in [-0.1, -0.05) is 62.4 Å². The summed E-state index contributed by atoms with van der Waals surface area (Å²) in [4.78, 5) is 11.8. The van der Waals surface area contributed by atoms with Crippen LogP contribution < -0.4 is 11.1 Å². The molecule has 5 aromatic rings. The number of aliphatic imine (C=N–C) groups is 1. The molecule has 0 bridgehead atoms. The van der Waals surface area contributed by atoms with Crippen molar-refractivity contribution in [2.45, 2.75) is 13.8 Å². The van der Waals surface area contributed by atoms with Crippen molar-refractivity contribution in [2.75, 3.05) is 13.1 Å². The van der Waals surface area contributed by atoms with Gasteiger partial charge in [-0.05, 0) is 35.4 Å². The molecule has 0 spiro atoms.